The van der Waals surface area contributed by atoms with Crippen molar-refractivity contribution in [1.82, 2.24) is 9.88 Å². The number of aromatic amines is 1. The molecule has 2 aromatic rings. The number of rotatable bonds is 4. The zero-order valence-electron chi connectivity index (χ0n) is 13.0. The van der Waals surface area contributed by atoms with Crippen LogP contribution < -0.4 is 4.90 Å². The van der Waals surface area contributed by atoms with E-state index in [1.54, 1.807) is 0 Å². The van der Waals surface area contributed by atoms with Gasteiger partial charge in [-0.05, 0) is 31.2 Å². The molecule has 0 radical (unpaired) electrons. The standard InChI is InChI=1S/C18H22N4/c1-18(15-19,14-16-6-5-9-20-16)22-12-10-21(11-13-22)17-7-3-2-4-8-17/h2-9,20H,10-14H2,1H3. The van der Waals surface area contributed by atoms with Gasteiger partial charge in [-0.3, -0.25) is 4.90 Å². The van der Waals surface area contributed by atoms with Crippen LogP contribution in [-0.4, -0.2) is 41.6 Å². The number of anilines is 1. The number of benzene rings is 1. The lowest BCUT2D eigenvalue weighted by Gasteiger charge is -2.42. The molecule has 0 bridgehead atoms. The molecule has 1 fully saturated rings. The van der Waals surface area contributed by atoms with Crippen molar-refractivity contribution in [1.29, 1.82) is 5.26 Å². The van der Waals surface area contributed by atoms with Crippen LogP contribution in [0.25, 0.3) is 0 Å². The van der Waals surface area contributed by atoms with Crippen LogP contribution in [0.3, 0.4) is 0 Å². The largest absolute Gasteiger partial charge is 0.369 e. The molecule has 4 heteroatoms. The topological polar surface area (TPSA) is 46.1 Å². The van der Waals surface area contributed by atoms with E-state index >= 15 is 0 Å². The maximum absolute atomic E-state index is 9.70. The number of hydrogen-bond donors (Lipinski definition) is 1. The van der Waals surface area contributed by atoms with Gasteiger partial charge >= 0.3 is 0 Å². The summed E-state index contributed by atoms with van der Waals surface area (Å²) < 4.78 is 0. The second-order valence-corrected chi connectivity index (χ2v) is 6.07. The number of hydrogen-bond acceptors (Lipinski definition) is 3. The van der Waals surface area contributed by atoms with E-state index in [0.717, 1.165) is 38.3 Å². The second-order valence-electron chi connectivity index (χ2n) is 6.07. The molecular weight excluding hydrogens is 272 g/mol. The average molecular weight is 294 g/mol. The van der Waals surface area contributed by atoms with E-state index in [1.807, 2.05) is 25.3 Å². The molecule has 4 nitrogen and oxygen atoms in total. The lowest BCUT2D eigenvalue weighted by atomic mass is 9.94. The fraction of sp³-hybridized carbons (Fsp3) is 0.389. The summed E-state index contributed by atoms with van der Waals surface area (Å²) in [5, 5.41) is 9.70. The van der Waals surface area contributed by atoms with Gasteiger partial charge < -0.3 is 9.88 Å². The Bertz CT molecular complexity index is 621. The van der Waals surface area contributed by atoms with Gasteiger partial charge in [0.2, 0.25) is 0 Å². The van der Waals surface area contributed by atoms with Gasteiger partial charge in [-0.1, -0.05) is 18.2 Å². The molecule has 1 aliphatic rings. The van der Waals surface area contributed by atoms with Gasteiger partial charge in [-0.25, -0.2) is 0 Å². The Balaban J connectivity index is 1.65. The van der Waals surface area contributed by atoms with Gasteiger partial charge in [0.05, 0.1) is 6.07 Å². The molecule has 3 rings (SSSR count). The van der Waals surface area contributed by atoms with E-state index < -0.39 is 5.54 Å². The van der Waals surface area contributed by atoms with Crippen LogP contribution in [0.4, 0.5) is 5.69 Å². The third-order valence-electron chi connectivity index (χ3n) is 4.54. The predicted octanol–water partition coefficient (Wildman–Crippen LogP) is 2.66. The Labute approximate surface area is 132 Å². The first-order valence-corrected chi connectivity index (χ1v) is 7.80. The molecule has 0 saturated carbocycles. The van der Waals surface area contributed by atoms with E-state index in [-0.39, 0.29) is 0 Å². The predicted molar refractivity (Wildman–Crippen MR) is 88.7 cm³/mol. The highest BCUT2D eigenvalue weighted by Crippen LogP contribution is 2.23. The van der Waals surface area contributed by atoms with Crippen molar-refractivity contribution in [2.75, 3.05) is 31.1 Å². The van der Waals surface area contributed by atoms with E-state index in [1.165, 1.54) is 5.69 Å². The lowest BCUT2D eigenvalue weighted by molar-refractivity contribution is 0.141. The normalized spacial score (nSPS) is 18.6. The van der Waals surface area contributed by atoms with Crippen LogP contribution in [0.2, 0.25) is 0 Å². The summed E-state index contributed by atoms with van der Waals surface area (Å²) in [5.74, 6) is 0. The fourth-order valence-corrected chi connectivity index (χ4v) is 3.17. The molecular formula is C18H22N4. The summed E-state index contributed by atoms with van der Waals surface area (Å²) in [6.07, 6.45) is 2.66. The fourth-order valence-electron chi connectivity index (χ4n) is 3.17. The molecule has 1 N–H and O–H groups in total. The zero-order chi connectivity index (χ0) is 15.4. The number of nitrogens with one attached hydrogen (secondary N) is 1. The number of nitriles is 1. The molecule has 0 amide bonds. The third kappa shape index (κ3) is 3.00. The first-order chi connectivity index (χ1) is 10.7. The minimum atomic E-state index is -0.451. The summed E-state index contributed by atoms with van der Waals surface area (Å²) >= 11 is 0. The quantitative estimate of drug-likeness (QED) is 0.943. The third-order valence-corrected chi connectivity index (χ3v) is 4.54. The Morgan fingerprint density at radius 2 is 1.82 bits per heavy atom. The SMILES string of the molecule is CC(C#N)(Cc1ccc[nH]1)N1CCN(c2ccccc2)CC1. The van der Waals surface area contributed by atoms with E-state index in [4.69, 9.17) is 0 Å². The molecule has 0 aliphatic carbocycles. The summed E-state index contributed by atoms with van der Waals surface area (Å²) in [6, 6.07) is 17.1. The van der Waals surface area contributed by atoms with Gasteiger partial charge in [0.15, 0.2) is 0 Å². The van der Waals surface area contributed by atoms with Crippen molar-refractivity contribution in [2.45, 2.75) is 18.9 Å². The zero-order valence-corrected chi connectivity index (χ0v) is 13.0. The Hall–Kier alpha value is -2.25. The van der Waals surface area contributed by atoms with Crippen molar-refractivity contribution in [3.8, 4) is 6.07 Å². The van der Waals surface area contributed by atoms with Crippen molar-refractivity contribution in [3.63, 3.8) is 0 Å². The van der Waals surface area contributed by atoms with Crippen molar-refractivity contribution in [2.24, 2.45) is 0 Å². The number of aromatic nitrogens is 1. The molecule has 1 unspecified atom stereocenters. The van der Waals surface area contributed by atoms with Gasteiger partial charge in [0.1, 0.15) is 5.54 Å². The first-order valence-electron chi connectivity index (χ1n) is 7.80. The number of nitrogens with zero attached hydrogens (tertiary/aromatic N) is 3. The van der Waals surface area contributed by atoms with Gasteiger partial charge in [0.25, 0.3) is 0 Å². The van der Waals surface area contributed by atoms with Crippen LogP contribution in [0.5, 0.6) is 0 Å². The first kappa shape index (κ1) is 14.7. The van der Waals surface area contributed by atoms with Gasteiger partial charge in [0, 0.05) is 50.2 Å². The van der Waals surface area contributed by atoms with Crippen molar-refractivity contribution >= 4 is 5.69 Å². The highest BCUT2D eigenvalue weighted by molar-refractivity contribution is 5.46. The minimum absolute atomic E-state index is 0.451. The van der Waals surface area contributed by atoms with E-state index in [2.05, 4.69) is 51.2 Å². The second kappa shape index (κ2) is 6.25. The maximum Gasteiger partial charge on any atom is 0.112 e. The van der Waals surface area contributed by atoms with Gasteiger partial charge in [-0.15, -0.1) is 0 Å². The lowest BCUT2D eigenvalue weighted by Crippen LogP contribution is -2.56. The number of para-hydroxylation sites is 1. The monoisotopic (exact) mass is 294 g/mol. The summed E-state index contributed by atoms with van der Waals surface area (Å²) in [6.45, 7) is 5.81. The van der Waals surface area contributed by atoms with Gasteiger partial charge in [-0.2, -0.15) is 5.26 Å². The Morgan fingerprint density at radius 1 is 1.09 bits per heavy atom. The molecule has 22 heavy (non-hydrogen) atoms. The molecule has 1 aliphatic heterocycles. The highest BCUT2D eigenvalue weighted by atomic mass is 15.3. The van der Waals surface area contributed by atoms with Crippen molar-refractivity contribution in [3.05, 3.63) is 54.4 Å². The molecule has 2 heterocycles. The molecule has 0 spiro atoms. The molecule has 1 aromatic heterocycles. The summed E-state index contributed by atoms with van der Waals surface area (Å²) in [7, 11) is 0. The number of H-pyrrole nitrogens is 1. The Kier molecular flexibility index (Phi) is 4.17. The van der Waals surface area contributed by atoms with Crippen LogP contribution in [0.15, 0.2) is 48.7 Å². The molecule has 1 saturated heterocycles. The van der Waals surface area contributed by atoms with E-state index in [9.17, 15) is 5.26 Å². The van der Waals surface area contributed by atoms with E-state index in [0.29, 0.717) is 0 Å². The average Bonchev–Trinajstić information content (AvgIpc) is 3.08. The smallest absolute Gasteiger partial charge is 0.112 e. The van der Waals surface area contributed by atoms with Crippen LogP contribution >= 0.6 is 0 Å². The summed E-state index contributed by atoms with van der Waals surface area (Å²) in [5.41, 5.74) is 1.94. The molecule has 1 aromatic carbocycles. The highest BCUT2D eigenvalue weighted by Gasteiger charge is 2.34. The van der Waals surface area contributed by atoms with Crippen LogP contribution in [-0.2, 0) is 6.42 Å². The molecule has 1 atom stereocenters. The van der Waals surface area contributed by atoms with Crippen molar-refractivity contribution < 1.29 is 0 Å². The van der Waals surface area contributed by atoms with Crippen LogP contribution in [0, 0.1) is 11.3 Å². The molecule has 114 valence electrons. The number of piperazine rings is 1. The Morgan fingerprint density at radius 3 is 2.41 bits per heavy atom. The minimum Gasteiger partial charge on any atom is -0.369 e. The summed E-state index contributed by atoms with van der Waals surface area (Å²) in [4.78, 5) is 7.92. The maximum atomic E-state index is 9.70. The van der Waals surface area contributed by atoms with Crippen LogP contribution in [0.1, 0.15) is 12.6 Å².